The Hall–Kier alpha value is -0.870. The number of nitrogens with one attached hydrogen (secondary N) is 1. The number of carbonyl (C=O) groups is 1. The molecule has 0 aromatic carbocycles. The van der Waals surface area contributed by atoms with Crippen molar-refractivity contribution >= 4 is 5.91 Å². The number of rotatable bonds is 5. The van der Waals surface area contributed by atoms with Crippen LogP contribution < -0.4 is 5.32 Å². The summed E-state index contributed by atoms with van der Waals surface area (Å²) in [5, 5.41) is 3.27. The Bertz CT molecular complexity index is 237. The van der Waals surface area contributed by atoms with Crippen LogP contribution in [-0.2, 0) is 9.53 Å². The van der Waals surface area contributed by atoms with Gasteiger partial charge in [0.15, 0.2) is 0 Å². The standard InChI is InChI=1S/C12H22N2O2/c1-4-5-10(2)13-11(3)12(15)14-6-8-16-9-7-14/h4,10-11,13H,1,5-9H2,2-3H3. The molecule has 1 rings (SSSR count). The maximum Gasteiger partial charge on any atom is 0.239 e. The topological polar surface area (TPSA) is 41.6 Å². The molecular formula is C12H22N2O2. The van der Waals surface area contributed by atoms with E-state index in [1.54, 1.807) is 0 Å². The molecule has 0 aliphatic carbocycles. The molecule has 1 saturated heterocycles. The predicted octanol–water partition coefficient (Wildman–Crippen LogP) is 0.788. The van der Waals surface area contributed by atoms with Crippen molar-refractivity contribution in [1.29, 1.82) is 0 Å². The SMILES string of the molecule is C=CCC(C)NC(C)C(=O)N1CCOCC1. The summed E-state index contributed by atoms with van der Waals surface area (Å²) in [5.41, 5.74) is 0. The number of hydrogen-bond acceptors (Lipinski definition) is 3. The predicted molar refractivity (Wildman–Crippen MR) is 64.3 cm³/mol. The van der Waals surface area contributed by atoms with Gasteiger partial charge in [-0.05, 0) is 20.3 Å². The quantitative estimate of drug-likeness (QED) is 0.705. The summed E-state index contributed by atoms with van der Waals surface area (Å²) < 4.78 is 5.22. The maximum absolute atomic E-state index is 12.0. The van der Waals surface area contributed by atoms with Gasteiger partial charge in [0.05, 0.1) is 19.3 Å². The molecule has 0 aromatic heterocycles. The van der Waals surface area contributed by atoms with Gasteiger partial charge in [-0.2, -0.15) is 0 Å². The van der Waals surface area contributed by atoms with Crippen LogP contribution in [0.15, 0.2) is 12.7 Å². The third-order valence-corrected chi connectivity index (χ3v) is 2.75. The van der Waals surface area contributed by atoms with Gasteiger partial charge in [0.25, 0.3) is 0 Å². The van der Waals surface area contributed by atoms with Gasteiger partial charge >= 0.3 is 0 Å². The van der Waals surface area contributed by atoms with E-state index < -0.39 is 0 Å². The van der Waals surface area contributed by atoms with Crippen LogP contribution in [0.4, 0.5) is 0 Å². The Labute approximate surface area is 97.6 Å². The zero-order chi connectivity index (χ0) is 12.0. The molecule has 0 radical (unpaired) electrons. The average molecular weight is 226 g/mol. The molecule has 0 aromatic rings. The van der Waals surface area contributed by atoms with E-state index in [4.69, 9.17) is 4.74 Å². The molecule has 0 spiro atoms. The van der Waals surface area contributed by atoms with Gasteiger partial charge in [0, 0.05) is 19.1 Å². The first-order valence-corrected chi connectivity index (χ1v) is 5.88. The summed E-state index contributed by atoms with van der Waals surface area (Å²) in [6.07, 6.45) is 2.74. The van der Waals surface area contributed by atoms with Crippen molar-refractivity contribution in [3.63, 3.8) is 0 Å². The molecule has 0 saturated carbocycles. The summed E-state index contributed by atoms with van der Waals surface area (Å²) in [7, 11) is 0. The van der Waals surface area contributed by atoms with Crippen LogP contribution in [0.5, 0.6) is 0 Å². The molecule has 16 heavy (non-hydrogen) atoms. The normalized spacial score (nSPS) is 20.2. The van der Waals surface area contributed by atoms with E-state index in [1.165, 1.54) is 0 Å². The number of morpholine rings is 1. The zero-order valence-corrected chi connectivity index (χ0v) is 10.2. The van der Waals surface area contributed by atoms with E-state index in [9.17, 15) is 4.79 Å². The fraction of sp³-hybridized carbons (Fsp3) is 0.750. The van der Waals surface area contributed by atoms with Crippen molar-refractivity contribution in [3.8, 4) is 0 Å². The Kier molecular flexibility index (Phi) is 5.49. The third kappa shape index (κ3) is 3.94. The second kappa shape index (κ2) is 6.66. The highest BCUT2D eigenvalue weighted by Crippen LogP contribution is 2.02. The number of carbonyl (C=O) groups excluding carboxylic acids is 1. The van der Waals surface area contributed by atoms with Gasteiger partial charge in [-0.3, -0.25) is 4.79 Å². The minimum atomic E-state index is -0.131. The number of amides is 1. The zero-order valence-electron chi connectivity index (χ0n) is 10.2. The summed E-state index contributed by atoms with van der Waals surface area (Å²) in [6.45, 7) is 10.4. The van der Waals surface area contributed by atoms with Gasteiger partial charge in [-0.1, -0.05) is 6.08 Å². The molecule has 92 valence electrons. The molecule has 2 atom stereocenters. The van der Waals surface area contributed by atoms with E-state index in [0.29, 0.717) is 26.3 Å². The lowest BCUT2D eigenvalue weighted by atomic mass is 10.2. The summed E-state index contributed by atoms with van der Waals surface area (Å²) in [5.74, 6) is 0.166. The van der Waals surface area contributed by atoms with Crippen LogP contribution >= 0.6 is 0 Å². The Morgan fingerprint density at radius 1 is 1.50 bits per heavy atom. The minimum Gasteiger partial charge on any atom is -0.378 e. The lowest BCUT2D eigenvalue weighted by Crippen LogP contribution is -2.50. The van der Waals surface area contributed by atoms with Gasteiger partial charge in [0.1, 0.15) is 0 Å². The van der Waals surface area contributed by atoms with E-state index in [-0.39, 0.29) is 18.0 Å². The van der Waals surface area contributed by atoms with Crippen molar-refractivity contribution < 1.29 is 9.53 Å². The highest BCUT2D eigenvalue weighted by Gasteiger charge is 2.22. The second-order valence-corrected chi connectivity index (χ2v) is 4.25. The minimum absolute atomic E-state index is 0.131. The van der Waals surface area contributed by atoms with Crippen molar-refractivity contribution in [2.24, 2.45) is 0 Å². The van der Waals surface area contributed by atoms with Crippen molar-refractivity contribution in [2.45, 2.75) is 32.4 Å². The lowest BCUT2D eigenvalue weighted by molar-refractivity contribution is -0.137. The van der Waals surface area contributed by atoms with Gasteiger partial charge in [0.2, 0.25) is 5.91 Å². The first-order chi connectivity index (χ1) is 7.65. The lowest BCUT2D eigenvalue weighted by Gasteiger charge is -2.30. The van der Waals surface area contributed by atoms with Crippen LogP contribution in [-0.4, -0.2) is 49.2 Å². The number of hydrogen-bond donors (Lipinski definition) is 1. The first kappa shape index (κ1) is 13.2. The highest BCUT2D eigenvalue weighted by molar-refractivity contribution is 5.81. The molecule has 4 heteroatoms. The highest BCUT2D eigenvalue weighted by atomic mass is 16.5. The smallest absolute Gasteiger partial charge is 0.239 e. The van der Waals surface area contributed by atoms with Gasteiger partial charge in [-0.25, -0.2) is 0 Å². The van der Waals surface area contributed by atoms with Gasteiger partial charge in [-0.15, -0.1) is 6.58 Å². The fourth-order valence-corrected chi connectivity index (χ4v) is 1.87. The molecule has 1 aliphatic rings. The van der Waals surface area contributed by atoms with E-state index in [1.807, 2.05) is 17.9 Å². The summed E-state index contributed by atoms with van der Waals surface area (Å²) in [6, 6.07) is 0.158. The van der Waals surface area contributed by atoms with Crippen LogP contribution in [0.1, 0.15) is 20.3 Å². The van der Waals surface area contributed by atoms with Crippen molar-refractivity contribution in [1.82, 2.24) is 10.2 Å². The molecular weight excluding hydrogens is 204 g/mol. The summed E-state index contributed by atoms with van der Waals surface area (Å²) >= 11 is 0. The molecule has 2 unspecified atom stereocenters. The Morgan fingerprint density at radius 2 is 2.12 bits per heavy atom. The molecule has 1 amide bonds. The number of ether oxygens (including phenoxy) is 1. The van der Waals surface area contributed by atoms with Crippen LogP contribution in [0.3, 0.4) is 0 Å². The number of nitrogens with zero attached hydrogens (tertiary/aromatic N) is 1. The molecule has 1 N–H and O–H groups in total. The molecule has 1 fully saturated rings. The first-order valence-electron chi connectivity index (χ1n) is 5.88. The Balaban J connectivity index is 2.36. The summed E-state index contributed by atoms with van der Waals surface area (Å²) in [4.78, 5) is 13.9. The molecule has 1 heterocycles. The third-order valence-electron chi connectivity index (χ3n) is 2.75. The van der Waals surface area contributed by atoms with E-state index in [2.05, 4.69) is 18.8 Å². The van der Waals surface area contributed by atoms with Crippen molar-refractivity contribution in [3.05, 3.63) is 12.7 Å². The molecule has 4 nitrogen and oxygen atoms in total. The van der Waals surface area contributed by atoms with Gasteiger partial charge < -0.3 is 15.0 Å². The maximum atomic E-state index is 12.0. The Morgan fingerprint density at radius 3 is 2.69 bits per heavy atom. The van der Waals surface area contributed by atoms with Crippen LogP contribution in [0.2, 0.25) is 0 Å². The van der Waals surface area contributed by atoms with Crippen molar-refractivity contribution in [2.75, 3.05) is 26.3 Å². The monoisotopic (exact) mass is 226 g/mol. The van der Waals surface area contributed by atoms with E-state index >= 15 is 0 Å². The van der Waals surface area contributed by atoms with E-state index in [0.717, 1.165) is 6.42 Å². The molecule has 1 aliphatic heterocycles. The molecule has 0 bridgehead atoms. The fourth-order valence-electron chi connectivity index (χ4n) is 1.87. The average Bonchev–Trinajstić information content (AvgIpc) is 2.29. The van der Waals surface area contributed by atoms with Crippen LogP contribution in [0.25, 0.3) is 0 Å². The second-order valence-electron chi connectivity index (χ2n) is 4.25. The van der Waals surface area contributed by atoms with Crippen LogP contribution in [0, 0.1) is 0 Å². The largest absolute Gasteiger partial charge is 0.378 e.